The van der Waals surface area contributed by atoms with Gasteiger partial charge in [0.15, 0.2) is 0 Å². The van der Waals surface area contributed by atoms with E-state index >= 15 is 0 Å². The molecule has 0 aromatic carbocycles. The number of aliphatic hydroxyl groups is 7. The van der Waals surface area contributed by atoms with Gasteiger partial charge in [-0.25, -0.2) is 4.57 Å². The molecule has 13 nitrogen and oxygen atoms in total. The Morgan fingerprint density at radius 2 is 1.20 bits per heavy atom. The van der Waals surface area contributed by atoms with Crippen molar-refractivity contribution in [2.75, 3.05) is 6.61 Å². The molecule has 0 radical (unpaired) electrons. The van der Waals surface area contributed by atoms with Crippen LogP contribution in [0.15, 0.2) is 24.3 Å². The fourth-order valence-corrected chi connectivity index (χ4v) is 6.60. The third-order valence-corrected chi connectivity index (χ3v) is 9.77. The first-order valence-corrected chi connectivity index (χ1v) is 19.9. The van der Waals surface area contributed by atoms with Gasteiger partial charge in [0.25, 0.3) is 0 Å². The van der Waals surface area contributed by atoms with Crippen LogP contribution in [0.25, 0.3) is 0 Å². The number of hydrogen-bond donors (Lipinski definition) is 9. The van der Waals surface area contributed by atoms with Gasteiger partial charge in [-0.05, 0) is 38.5 Å². The largest absolute Gasteiger partial charge is 0.472 e. The summed E-state index contributed by atoms with van der Waals surface area (Å²) in [6.45, 7) is 3.59. The highest BCUT2D eigenvalue weighted by molar-refractivity contribution is 7.47. The summed E-state index contributed by atoms with van der Waals surface area (Å²) >= 11 is 0. The number of allylic oxidation sites excluding steroid dienone is 3. The first-order chi connectivity index (χ1) is 23.3. The fraction of sp³-hybridized carbons (Fsp3) is 0.857. The number of aliphatic hydroxyl groups excluding tert-OH is 7. The second kappa shape index (κ2) is 26.5. The Bertz CT molecular complexity index is 953. The second-order valence-electron chi connectivity index (χ2n) is 13.3. The van der Waals surface area contributed by atoms with Gasteiger partial charge in [-0.1, -0.05) is 109 Å². The summed E-state index contributed by atoms with van der Waals surface area (Å²) in [7, 11) is -5.12. The molecule has 0 aliphatic heterocycles. The zero-order chi connectivity index (χ0) is 36.7. The summed E-state index contributed by atoms with van der Waals surface area (Å²) in [6, 6.07) is -1.24. The molecule has 14 heteroatoms. The summed E-state index contributed by atoms with van der Waals surface area (Å²) in [4.78, 5) is 23.2. The van der Waals surface area contributed by atoms with Gasteiger partial charge in [0.05, 0.1) is 31.3 Å². The minimum atomic E-state index is -5.12. The Morgan fingerprint density at radius 3 is 1.80 bits per heavy atom. The van der Waals surface area contributed by atoms with Crippen LogP contribution in [0.5, 0.6) is 0 Å². The summed E-state index contributed by atoms with van der Waals surface area (Å²) in [5.74, 6) is -0.609. The van der Waals surface area contributed by atoms with Crippen molar-refractivity contribution < 1.29 is 59.0 Å². The Labute approximate surface area is 293 Å². The van der Waals surface area contributed by atoms with E-state index in [0.717, 1.165) is 57.8 Å². The predicted octanol–water partition coefficient (Wildman–Crippen LogP) is 3.69. The number of phosphoric acid groups is 1. The van der Waals surface area contributed by atoms with Gasteiger partial charge in [0, 0.05) is 0 Å². The molecule has 1 fully saturated rings. The molecule has 1 saturated carbocycles. The summed E-state index contributed by atoms with van der Waals surface area (Å²) < 4.78 is 22.6. The lowest BCUT2D eigenvalue weighted by molar-refractivity contribution is -0.220. The average molecular weight is 724 g/mol. The van der Waals surface area contributed by atoms with E-state index < -0.39 is 75.2 Å². The Hall–Kier alpha value is -1.22. The van der Waals surface area contributed by atoms with Gasteiger partial charge >= 0.3 is 7.82 Å². The van der Waals surface area contributed by atoms with Crippen molar-refractivity contribution in [3.8, 4) is 0 Å². The van der Waals surface area contributed by atoms with Crippen LogP contribution in [0.4, 0.5) is 0 Å². The third kappa shape index (κ3) is 19.8. The van der Waals surface area contributed by atoms with Crippen LogP contribution >= 0.6 is 7.82 Å². The van der Waals surface area contributed by atoms with Crippen molar-refractivity contribution in [1.82, 2.24) is 5.32 Å². The first-order valence-electron chi connectivity index (χ1n) is 18.4. The van der Waals surface area contributed by atoms with Gasteiger partial charge in [-0.2, -0.15) is 0 Å². The highest BCUT2D eigenvalue weighted by Crippen LogP contribution is 2.47. The van der Waals surface area contributed by atoms with Gasteiger partial charge in [0.1, 0.15) is 36.6 Å². The molecule has 0 aromatic rings. The number of phosphoric ester groups is 1. The van der Waals surface area contributed by atoms with E-state index in [1.807, 2.05) is 0 Å². The molecule has 0 heterocycles. The van der Waals surface area contributed by atoms with Crippen LogP contribution < -0.4 is 5.32 Å². The predicted molar refractivity (Wildman–Crippen MR) is 187 cm³/mol. The van der Waals surface area contributed by atoms with Crippen molar-refractivity contribution in [3.05, 3.63) is 24.3 Å². The van der Waals surface area contributed by atoms with Crippen LogP contribution in [0.1, 0.15) is 129 Å². The lowest BCUT2D eigenvalue weighted by Crippen LogP contribution is -2.64. The number of hydrogen-bond acceptors (Lipinski definition) is 11. The zero-order valence-electron chi connectivity index (χ0n) is 29.6. The zero-order valence-corrected chi connectivity index (χ0v) is 30.5. The molecule has 1 rings (SSSR count). The number of nitrogens with one attached hydrogen (secondary N) is 1. The molecule has 0 aromatic heterocycles. The maximum absolute atomic E-state index is 12.8. The minimum Gasteiger partial charge on any atom is -0.393 e. The lowest BCUT2D eigenvalue weighted by atomic mass is 9.85. The van der Waals surface area contributed by atoms with E-state index in [2.05, 4.69) is 31.3 Å². The minimum absolute atomic E-state index is 0.256. The second-order valence-corrected chi connectivity index (χ2v) is 14.7. The molecule has 1 aliphatic rings. The van der Waals surface area contributed by atoms with Crippen molar-refractivity contribution in [2.45, 2.75) is 184 Å². The first kappa shape index (κ1) is 45.8. The summed E-state index contributed by atoms with van der Waals surface area (Å²) in [5.41, 5.74) is 0. The molecular formula is C35H66NO12P. The van der Waals surface area contributed by atoms with Crippen LogP contribution in [-0.4, -0.2) is 108 Å². The smallest absolute Gasteiger partial charge is 0.393 e. The van der Waals surface area contributed by atoms with Gasteiger partial charge < -0.3 is 46.0 Å². The Morgan fingerprint density at radius 1 is 0.714 bits per heavy atom. The molecule has 1 amide bonds. The molecule has 9 N–H and O–H groups in total. The highest BCUT2D eigenvalue weighted by atomic mass is 31.2. The van der Waals surface area contributed by atoms with Crippen LogP contribution in [0.3, 0.4) is 0 Å². The summed E-state index contributed by atoms with van der Waals surface area (Å²) in [5, 5.41) is 73.8. The Kier molecular flexibility index (Phi) is 24.8. The molecule has 0 spiro atoms. The van der Waals surface area contributed by atoms with Gasteiger partial charge in [-0.15, -0.1) is 0 Å². The maximum atomic E-state index is 12.8. The van der Waals surface area contributed by atoms with E-state index in [1.165, 1.54) is 44.6 Å². The highest BCUT2D eigenvalue weighted by Gasteiger charge is 2.51. The standard InChI is InChI=1S/C35H66NO12P/c1-3-5-7-9-11-13-15-17-19-21-23-28(38)27(36-29(39)24-26(37)22-20-18-16-14-12-10-8-6-4-2)25-47-49(45,46)48-35-33(43)31(41)30(40)32(42)34(35)44/h10,12,21,23,26-28,30-35,37-38,40-44H,3-9,11,13-20,22,24-25H2,1-2H3,(H,36,39)(H,45,46)/b12-10-,23-21+. The maximum Gasteiger partial charge on any atom is 0.472 e. The van der Waals surface area contributed by atoms with E-state index in [1.54, 1.807) is 6.08 Å². The lowest BCUT2D eigenvalue weighted by Gasteiger charge is -2.41. The number of unbranched alkanes of at least 4 members (excludes halogenated alkanes) is 13. The number of amides is 1. The molecule has 8 unspecified atom stereocenters. The van der Waals surface area contributed by atoms with E-state index in [-0.39, 0.29) is 6.42 Å². The SMILES string of the molecule is CCCC/C=C\CCCCCC(O)CC(=O)NC(COP(=O)(O)OC1C(O)C(O)C(O)C(O)C1O)C(O)/C=C/CCCCCCCCCC. The normalized spacial score (nSPS) is 26.2. The van der Waals surface area contributed by atoms with E-state index in [0.29, 0.717) is 12.8 Å². The fourth-order valence-electron chi connectivity index (χ4n) is 5.63. The molecule has 0 saturated heterocycles. The Balaban J connectivity index is 2.72. The molecule has 0 bridgehead atoms. The van der Waals surface area contributed by atoms with Crippen molar-refractivity contribution >= 4 is 13.7 Å². The topological polar surface area (TPSA) is 226 Å². The summed E-state index contributed by atoms with van der Waals surface area (Å²) in [6.07, 6.45) is 10.3. The van der Waals surface area contributed by atoms with Crippen molar-refractivity contribution in [2.24, 2.45) is 0 Å². The van der Waals surface area contributed by atoms with E-state index in [4.69, 9.17) is 9.05 Å². The van der Waals surface area contributed by atoms with Gasteiger partial charge in [0.2, 0.25) is 5.91 Å². The molecule has 49 heavy (non-hydrogen) atoms. The molecule has 1 aliphatic carbocycles. The average Bonchev–Trinajstić information content (AvgIpc) is 3.06. The van der Waals surface area contributed by atoms with E-state index in [9.17, 15) is 50.0 Å². The quantitative estimate of drug-likeness (QED) is 0.0320. The monoisotopic (exact) mass is 723 g/mol. The number of carbonyl (C=O) groups excluding carboxylic acids is 1. The van der Waals surface area contributed by atoms with Crippen molar-refractivity contribution in [3.63, 3.8) is 0 Å². The number of rotatable bonds is 28. The molecular weight excluding hydrogens is 657 g/mol. The van der Waals surface area contributed by atoms with Gasteiger partial charge in [-0.3, -0.25) is 13.8 Å². The van der Waals surface area contributed by atoms with Crippen LogP contribution in [0.2, 0.25) is 0 Å². The molecule has 8 atom stereocenters. The molecule has 288 valence electrons. The van der Waals surface area contributed by atoms with Crippen LogP contribution in [-0.2, 0) is 18.4 Å². The van der Waals surface area contributed by atoms with Crippen molar-refractivity contribution in [1.29, 1.82) is 0 Å². The van der Waals surface area contributed by atoms with Crippen LogP contribution in [0, 0.1) is 0 Å². The third-order valence-electron chi connectivity index (χ3n) is 8.78. The number of carbonyl (C=O) groups is 1.